The summed E-state index contributed by atoms with van der Waals surface area (Å²) in [5.41, 5.74) is 4.01. The molecule has 1 amide bonds. The zero-order valence-electron chi connectivity index (χ0n) is 17.5. The fourth-order valence-electron chi connectivity index (χ4n) is 4.49. The molecule has 0 unspecified atom stereocenters. The molecule has 0 aliphatic carbocycles. The van der Waals surface area contributed by atoms with Crippen LogP contribution in [0.5, 0.6) is 0 Å². The number of carbonyl (C=O) groups is 1. The third-order valence-corrected chi connectivity index (χ3v) is 6.12. The van der Waals surface area contributed by atoms with E-state index in [-0.39, 0.29) is 5.91 Å². The highest BCUT2D eigenvalue weighted by molar-refractivity contribution is 6.07. The van der Waals surface area contributed by atoms with E-state index in [2.05, 4.69) is 22.1 Å². The molecule has 0 radical (unpaired) electrons. The van der Waals surface area contributed by atoms with Gasteiger partial charge in [-0.25, -0.2) is 9.97 Å². The summed E-state index contributed by atoms with van der Waals surface area (Å²) in [4.78, 5) is 28.6. The summed E-state index contributed by atoms with van der Waals surface area (Å²) in [5.74, 6) is 1.20. The number of amides is 1. The lowest BCUT2D eigenvalue weighted by atomic mass is 9.88. The summed E-state index contributed by atoms with van der Waals surface area (Å²) in [7, 11) is 0. The molecule has 5 heteroatoms. The van der Waals surface area contributed by atoms with E-state index in [0.717, 1.165) is 64.9 Å². The number of pyridine rings is 1. The molecule has 0 bridgehead atoms. The first kappa shape index (κ1) is 19.4. The smallest absolute Gasteiger partial charge is 0.254 e. The molecule has 154 valence electrons. The standard InChI is InChI=1S/C26H24N4O/c1-18-28-17-24(20-9-13-27-14-10-20)25(29-18)21-11-15-30(16-12-21)26(31)23-8-4-6-19-5-2-3-7-22(19)23/h2-10,13-14,17,21H,11-12,15-16H2,1H3. The normalized spacial score (nSPS) is 14.7. The first-order chi connectivity index (χ1) is 15.2. The number of likely N-dealkylation sites (tertiary alicyclic amines) is 1. The van der Waals surface area contributed by atoms with Gasteiger partial charge >= 0.3 is 0 Å². The van der Waals surface area contributed by atoms with Gasteiger partial charge in [-0.3, -0.25) is 9.78 Å². The molecule has 3 heterocycles. The molecule has 5 rings (SSSR count). The lowest BCUT2D eigenvalue weighted by molar-refractivity contribution is 0.0714. The van der Waals surface area contributed by atoms with Crippen molar-refractivity contribution in [1.82, 2.24) is 19.9 Å². The molecule has 1 saturated heterocycles. The van der Waals surface area contributed by atoms with Crippen molar-refractivity contribution in [1.29, 1.82) is 0 Å². The molecule has 1 fully saturated rings. The molecule has 0 atom stereocenters. The van der Waals surface area contributed by atoms with E-state index in [1.165, 1.54) is 0 Å². The Morgan fingerprint density at radius 3 is 2.52 bits per heavy atom. The van der Waals surface area contributed by atoms with Gasteiger partial charge in [-0.05, 0) is 54.3 Å². The Balaban J connectivity index is 1.38. The average Bonchev–Trinajstić information content (AvgIpc) is 2.84. The molecule has 0 spiro atoms. The minimum atomic E-state index is 0.114. The molecule has 2 aromatic heterocycles. The number of piperidine rings is 1. The van der Waals surface area contributed by atoms with E-state index >= 15 is 0 Å². The highest BCUT2D eigenvalue weighted by Crippen LogP contribution is 2.34. The molecule has 1 aliphatic heterocycles. The fraction of sp³-hybridized carbons (Fsp3) is 0.231. The van der Waals surface area contributed by atoms with E-state index in [9.17, 15) is 4.79 Å². The van der Waals surface area contributed by atoms with Crippen LogP contribution in [0.4, 0.5) is 0 Å². The molecule has 2 aromatic carbocycles. The quantitative estimate of drug-likeness (QED) is 0.478. The van der Waals surface area contributed by atoms with Crippen LogP contribution in [-0.2, 0) is 0 Å². The van der Waals surface area contributed by atoms with E-state index in [0.29, 0.717) is 5.92 Å². The first-order valence-corrected chi connectivity index (χ1v) is 10.7. The summed E-state index contributed by atoms with van der Waals surface area (Å²) in [5, 5.41) is 2.12. The van der Waals surface area contributed by atoms with E-state index in [1.54, 1.807) is 12.4 Å². The number of fused-ring (bicyclic) bond motifs is 1. The summed E-state index contributed by atoms with van der Waals surface area (Å²) < 4.78 is 0. The zero-order chi connectivity index (χ0) is 21.2. The van der Waals surface area contributed by atoms with Crippen LogP contribution in [-0.4, -0.2) is 38.8 Å². The van der Waals surface area contributed by atoms with Crippen LogP contribution >= 0.6 is 0 Å². The number of rotatable bonds is 3. The maximum Gasteiger partial charge on any atom is 0.254 e. The van der Waals surface area contributed by atoms with Crippen LogP contribution in [0.25, 0.3) is 21.9 Å². The second-order valence-electron chi connectivity index (χ2n) is 8.05. The molecular formula is C26H24N4O. The molecule has 0 N–H and O–H groups in total. The summed E-state index contributed by atoms with van der Waals surface area (Å²) in [6.45, 7) is 3.39. The second kappa shape index (κ2) is 8.26. The summed E-state index contributed by atoms with van der Waals surface area (Å²) in [6, 6.07) is 18.0. The Morgan fingerprint density at radius 2 is 1.71 bits per heavy atom. The third-order valence-electron chi connectivity index (χ3n) is 6.12. The Labute approximate surface area is 181 Å². The van der Waals surface area contributed by atoms with Crippen molar-refractivity contribution in [3.05, 3.63) is 90.3 Å². The van der Waals surface area contributed by atoms with Crippen LogP contribution in [0.2, 0.25) is 0 Å². The first-order valence-electron chi connectivity index (χ1n) is 10.7. The average molecular weight is 409 g/mol. The topological polar surface area (TPSA) is 59.0 Å². The molecular weight excluding hydrogens is 384 g/mol. The number of nitrogens with zero attached hydrogens (tertiary/aromatic N) is 4. The largest absolute Gasteiger partial charge is 0.339 e. The van der Waals surface area contributed by atoms with Crippen molar-refractivity contribution in [2.45, 2.75) is 25.7 Å². The van der Waals surface area contributed by atoms with Gasteiger partial charge in [-0.1, -0.05) is 36.4 Å². The van der Waals surface area contributed by atoms with E-state index in [1.807, 2.05) is 60.5 Å². The molecule has 5 nitrogen and oxygen atoms in total. The van der Waals surface area contributed by atoms with E-state index in [4.69, 9.17) is 4.98 Å². The van der Waals surface area contributed by atoms with Gasteiger partial charge in [-0.2, -0.15) is 0 Å². The van der Waals surface area contributed by atoms with Gasteiger partial charge < -0.3 is 4.90 Å². The van der Waals surface area contributed by atoms with Crippen LogP contribution in [0.15, 0.2) is 73.2 Å². The monoisotopic (exact) mass is 408 g/mol. The lowest BCUT2D eigenvalue weighted by Gasteiger charge is -2.33. The van der Waals surface area contributed by atoms with Crippen molar-refractivity contribution in [3.63, 3.8) is 0 Å². The van der Waals surface area contributed by atoms with Gasteiger partial charge in [0, 0.05) is 48.7 Å². The number of aryl methyl sites for hydroxylation is 1. The lowest BCUT2D eigenvalue weighted by Crippen LogP contribution is -2.38. The summed E-state index contributed by atoms with van der Waals surface area (Å²) in [6.07, 6.45) is 7.30. The Bertz CT molecular complexity index is 1230. The van der Waals surface area contributed by atoms with E-state index < -0.39 is 0 Å². The van der Waals surface area contributed by atoms with Crippen molar-refractivity contribution in [3.8, 4) is 11.1 Å². The predicted molar refractivity (Wildman–Crippen MR) is 122 cm³/mol. The highest BCUT2D eigenvalue weighted by atomic mass is 16.2. The van der Waals surface area contributed by atoms with Gasteiger partial charge in [0.1, 0.15) is 5.82 Å². The number of hydrogen-bond donors (Lipinski definition) is 0. The van der Waals surface area contributed by atoms with Crippen LogP contribution in [0.3, 0.4) is 0 Å². The maximum atomic E-state index is 13.3. The van der Waals surface area contributed by atoms with Crippen molar-refractivity contribution >= 4 is 16.7 Å². The maximum absolute atomic E-state index is 13.3. The van der Waals surface area contributed by atoms with Crippen molar-refractivity contribution in [2.24, 2.45) is 0 Å². The number of aromatic nitrogens is 3. The van der Waals surface area contributed by atoms with Gasteiger partial charge in [0.25, 0.3) is 5.91 Å². The summed E-state index contributed by atoms with van der Waals surface area (Å²) >= 11 is 0. The third kappa shape index (κ3) is 3.79. The Morgan fingerprint density at radius 1 is 0.968 bits per heavy atom. The minimum Gasteiger partial charge on any atom is -0.339 e. The minimum absolute atomic E-state index is 0.114. The van der Waals surface area contributed by atoms with Crippen LogP contribution < -0.4 is 0 Å². The van der Waals surface area contributed by atoms with Crippen molar-refractivity contribution < 1.29 is 4.79 Å². The van der Waals surface area contributed by atoms with Crippen LogP contribution in [0, 0.1) is 6.92 Å². The number of hydrogen-bond acceptors (Lipinski definition) is 4. The van der Waals surface area contributed by atoms with Gasteiger partial charge in [0.2, 0.25) is 0 Å². The van der Waals surface area contributed by atoms with Gasteiger partial charge in [0.05, 0.1) is 5.69 Å². The number of carbonyl (C=O) groups excluding carboxylic acids is 1. The molecule has 0 saturated carbocycles. The molecule has 31 heavy (non-hydrogen) atoms. The zero-order valence-corrected chi connectivity index (χ0v) is 17.5. The predicted octanol–water partition coefficient (Wildman–Crippen LogP) is 5.02. The molecule has 4 aromatic rings. The van der Waals surface area contributed by atoms with Gasteiger partial charge in [-0.15, -0.1) is 0 Å². The Hall–Kier alpha value is -3.60. The molecule has 1 aliphatic rings. The fourth-order valence-corrected chi connectivity index (χ4v) is 4.49. The number of benzene rings is 2. The van der Waals surface area contributed by atoms with Gasteiger partial charge in [0.15, 0.2) is 0 Å². The van der Waals surface area contributed by atoms with Crippen LogP contribution in [0.1, 0.15) is 40.6 Å². The second-order valence-corrected chi connectivity index (χ2v) is 8.05. The highest BCUT2D eigenvalue weighted by Gasteiger charge is 2.28. The van der Waals surface area contributed by atoms with Crippen molar-refractivity contribution in [2.75, 3.05) is 13.1 Å². The SMILES string of the molecule is Cc1ncc(-c2ccncc2)c(C2CCN(C(=O)c3cccc4ccccc34)CC2)n1. The Kier molecular flexibility index (Phi) is 5.16.